The van der Waals surface area contributed by atoms with Gasteiger partial charge in [0.1, 0.15) is 11.8 Å². The molecule has 1 spiro atoms. The van der Waals surface area contributed by atoms with Crippen LogP contribution in [0.2, 0.25) is 0 Å². The summed E-state index contributed by atoms with van der Waals surface area (Å²) in [6.07, 6.45) is 8.47. The van der Waals surface area contributed by atoms with Crippen LogP contribution in [0.4, 0.5) is 10.7 Å². The van der Waals surface area contributed by atoms with E-state index in [4.69, 9.17) is 9.84 Å². The largest absolute Gasteiger partial charge is 0.479 e. The fourth-order valence-electron chi connectivity index (χ4n) is 5.18. The van der Waals surface area contributed by atoms with Crippen molar-refractivity contribution >= 4 is 23.2 Å². The van der Waals surface area contributed by atoms with E-state index in [0.717, 1.165) is 48.0 Å². The molecular formula is C22H24N8O3. The number of pyridine rings is 1. The van der Waals surface area contributed by atoms with Crippen molar-refractivity contribution in [3.8, 4) is 17.0 Å². The summed E-state index contributed by atoms with van der Waals surface area (Å²) in [5, 5.41) is 21.5. The molecule has 1 saturated heterocycles. The summed E-state index contributed by atoms with van der Waals surface area (Å²) in [7, 11) is 1.61. The van der Waals surface area contributed by atoms with E-state index in [9.17, 15) is 4.79 Å². The Morgan fingerprint density at radius 3 is 2.79 bits per heavy atom. The number of fused-ring (bicyclic) bond motifs is 2. The highest BCUT2D eigenvalue weighted by molar-refractivity contribution is 5.84. The van der Waals surface area contributed by atoms with E-state index >= 15 is 0 Å². The average Bonchev–Trinajstić information content (AvgIpc) is 3.44. The maximum atomic E-state index is 11.1. The molecular weight excluding hydrogens is 424 g/mol. The number of methoxy groups -OCH3 is 1. The van der Waals surface area contributed by atoms with Gasteiger partial charge >= 0.3 is 6.09 Å². The number of rotatable bonds is 4. The fraction of sp³-hybridized carbons (Fsp3) is 0.409. The lowest BCUT2D eigenvalue weighted by Crippen LogP contribution is -2.59. The third-order valence-electron chi connectivity index (χ3n) is 6.96. The minimum absolute atomic E-state index is 0.152. The molecule has 0 aromatic carbocycles. The lowest BCUT2D eigenvalue weighted by Gasteiger charge is -2.52. The number of carboxylic acid groups (broad SMARTS) is 1. The van der Waals surface area contributed by atoms with Crippen LogP contribution in [0.3, 0.4) is 0 Å². The van der Waals surface area contributed by atoms with Gasteiger partial charge in [-0.3, -0.25) is 0 Å². The van der Waals surface area contributed by atoms with Crippen molar-refractivity contribution in [2.24, 2.45) is 5.41 Å². The Bertz CT molecular complexity index is 1350. The Hall–Kier alpha value is -3.89. The summed E-state index contributed by atoms with van der Waals surface area (Å²) in [6, 6.07) is 6.16. The van der Waals surface area contributed by atoms with E-state index in [0.29, 0.717) is 24.9 Å². The second-order valence-electron chi connectivity index (χ2n) is 9.01. The number of ether oxygens (including phenoxy) is 1. The third-order valence-corrected chi connectivity index (χ3v) is 6.96. The van der Waals surface area contributed by atoms with Crippen molar-refractivity contribution in [3.05, 3.63) is 36.9 Å². The molecule has 2 fully saturated rings. The highest BCUT2D eigenvalue weighted by Gasteiger charge is 2.47. The first-order valence-corrected chi connectivity index (χ1v) is 11.0. The first-order chi connectivity index (χ1) is 16.0. The number of nitrogens with one attached hydrogen (secondary N) is 1. The zero-order chi connectivity index (χ0) is 22.6. The molecule has 33 heavy (non-hydrogen) atoms. The van der Waals surface area contributed by atoms with Gasteiger partial charge in [-0.1, -0.05) is 0 Å². The third kappa shape index (κ3) is 3.31. The van der Waals surface area contributed by atoms with Gasteiger partial charge < -0.3 is 20.1 Å². The normalized spacial score (nSPS) is 18.0. The van der Waals surface area contributed by atoms with Gasteiger partial charge in [0.25, 0.3) is 0 Å². The highest BCUT2D eigenvalue weighted by Crippen LogP contribution is 2.44. The maximum absolute atomic E-state index is 11.1. The number of carbonyl (C=O) groups is 1. The van der Waals surface area contributed by atoms with E-state index in [2.05, 4.69) is 25.5 Å². The van der Waals surface area contributed by atoms with E-state index in [1.54, 1.807) is 16.1 Å². The second kappa shape index (κ2) is 7.32. The molecule has 11 heteroatoms. The van der Waals surface area contributed by atoms with E-state index < -0.39 is 6.09 Å². The number of nitrogens with zero attached hydrogens (tertiary/aromatic N) is 7. The molecule has 170 valence electrons. The van der Waals surface area contributed by atoms with E-state index in [1.807, 2.05) is 30.6 Å². The Labute approximate surface area is 189 Å². The van der Waals surface area contributed by atoms with E-state index in [1.165, 1.54) is 11.2 Å². The Morgan fingerprint density at radius 1 is 1.21 bits per heavy atom. The quantitative estimate of drug-likeness (QED) is 0.489. The molecule has 0 bridgehead atoms. The summed E-state index contributed by atoms with van der Waals surface area (Å²) in [6.45, 7) is 1.30. The zero-order valence-corrected chi connectivity index (χ0v) is 18.2. The summed E-state index contributed by atoms with van der Waals surface area (Å²) in [4.78, 5) is 21.4. The Kier molecular flexibility index (Phi) is 4.39. The second-order valence-corrected chi connectivity index (χ2v) is 9.01. The Balaban J connectivity index is 1.22. The zero-order valence-electron chi connectivity index (χ0n) is 18.2. The first kappa shape index (κ1) is 19.8. The van der Waals surface area contributed by atoms with Crippen molar-refractivity contribution in [1.82, 2.24) is 34.1 Å². The molecule has 4 aromatic rings. The summed E-state index contributed by atoms with van der Waals surface area (Å²) in [5.41, 5.74) is 3.63. The van der Waals surface area contributed by atoms with Gasteiger partial charge in [0.05, 0.1) is 7.11 Å². The fourth-order valence-corrected chi connectivity index (χ4v) is 5.18. The number of aromatic nitrogens is 6. The van der Waals surface area contributed by atoms with Crippen LogP contribution in [0, 0.1) is 5.41 Å². The molecule has 1 amide bonds. The van der Waals surface area contributed by atoms with E-state index in [-0.39, 0.29) is 11.5 Å². The molecule has 6 rings (SSSR count). The number of hydrogen-bond donors (Lipinski definition) is 2. The molecule has 0 radical (unpaired) electrons. The standard InChI is InChI=1S/C22H24N8O3/c1-33-19-18-16(14-2-3-17-23-13-24-30(17)10-14)6-9-29(18)27-20(26-19)25-15-4-7-22(8-5-15)11-28(12-22)21(31)32/h2-3,6,9-10,13,15H,4-5,7-8,11-12H2,1H3,(H,25,27)(H,31,32). The van der Waals surface area contributed by atoms with Gasteiger partial charge in [-0.25, -0.2) is 18.8 Å². The van der Waals surface area contributed by atoms with Gasteiger partial charge in [-0.05, 0) is 43.9 Å². The predicted molar refractivity (Wildman–Crippen MR) is 119 cm³/mol. The van der Waals surface area contributed by atoms with Gasteiger partial charge in [0, 0.05) is 48.1 Å². The molecule has 2 aliphatic rings. The molecule has 5 heterocycles. The van der Waals surface area contributed by atoms with Gasteiger partial charge in [-0.15, -0.1) is 5.10 Å². The van der Waals surface area contributed by atoms with Crippen LogP contribution in [0.15, 0.2) is 36.9 Å². The minimum Gasteiger partial charge on any atom is -0.479 e. The van der Waals surface area contributed by atoms with Crippen molar-refractivity contribution in [2.75, 3.05) is 25.5 Å². The van der Waals surface area contributed by atoms with Crippen molar-refractivity contribution in [2.45, 2.75) is 31.7 Å². The predicted octanol–water partition coefficient (Wildman–Crippen LogP) is 2.78. The van der Waals surface area contributed by atoms with Gasteiger partial charge in [0.15, 0.2) is 5.65 Å². The van der Waals surface area contributed by atoms with Crippen LogP contribution in [0.25, 0.3) is 22.3 Å². The van der Waals surface area contributed by atoms with Crippen LogP contribution >= 0.6 is 0 Å². The number of hydrogen-bond acceptors (Lipinski definition) is 7. The van der Waals surface area contributed by atoms with Crippen LogP contribution in [-0.4, -0.2) is 71.5 Å². The van der Waals surface area contributed by atoms with Gasteiger partial charge in [-0.2, -0.15) is 10.1 Å². The molecule has 2 N–H and O–H groups in total. The lowest BCUT2D eigenvalue weighted by molar-refractivity contribution is -0.0171. The van der Waals surface area contributed by atoms with Crippen LogP contribution in [0.5, 0.6) is 5.88 Å². The number of anilines is 1. The minimum atomic E-state index is -0.818. The summed E-state index contributed by atoms with van der Waals surface area (Å²) in [5.74, 6) is 1.02. The number of likely N-dealkylation sites (tertiary alicyclic amines) is 1. The van der Waals surface area contributed by atoms with Crippen molar-refractivity contribution in [3.63, 3.8) is 0 Å². The Morgan fingerprint density at radius 2 is 2.03 bits per heavy atom. The molecule has 0 unspecified atom stereocenters. The summed E-state index contributed by atoms with van der Waals surface area (Å²) < 4.78 is 9.16. The van der Waals surface area contributed by atoms with Crippen molar-refractivity contribution < 1.29 is 14.6 Å². The summed E-state index contributed by atoms with van der Waals surface area (Å²) >= 11 is 0. The molecule has 0 atom stereocenters. The average molecular weight is 448 g/mol. The number of amides is 1. The molecule has 4 aromatic heterocycles. The topological polar surface area (TPSA) is 122 Å². The monoisotopic (exact) mass is 448 g/mol. The van der Waals surface area contributed by atoms with Gasteiger partial charge in [0.2, 0.25) is 11.8 Å². The van der Waals surface area contributed by atoms with Crippen LogP contribution in [-0.2, 0) is 0 Å². The SMILES string of the molecule is COc1nc(NC2CCC3(CC2)CN(C(=O)O)C3)nn2ccc(-c3ccc4ncnn4c3)c12. The van der Waals surface area contributed by atoms with Crippen LogP contribution in [0.1, 0.15) is 25.7 Å². The first-order valence-electron chi connectivity index (χ1n) is 11.0. The molecule has 11 nitrogen and oxygen atoms in total. The van der Waals surface area contributed by atoms with Crippen LogP contribution < -0.4 is 10.1 Å². The van der Waals surface area contributed by atoms with Crippen molar-refractivity contribution in [1.29, 1.82) is 0 Å². The smallest absolute Gasteiger partial charge is 0.407 e. The molecule has 1 aliphatic carbocycles. The molecule has 1 aliphatic heterocycles. The highest BCUT2D eigenvalue weighted by atomic mass is 16.5. The lowest BCUT2D eigenvalue weighted by atomic mass is 9.67. The molecule has 1 saturated carbocycles. The maximum Gasteiger partial charge on any atom is 0.407 e.